The summed E-state index contributed by atoms with van der Waals surface area (Å²) in [5.74, 6) is -0.194. The first-order valence-corrected chi connectivity index (χ1v) is 7.21. The van der Waals surface area contributed by atoms with Gasteiger partial charge in [-0.05, 0) is 0 Å². The van der Waals surface area contributed by atoms with E-state index in [2.05, 4.69) is 6.58 Å². The Morgan fingerprint density at radius 1 is 1.47 bits per heavy atom. The summed E-state index contributed by atoms with van der Waals surface area (Å²) in [7, 11) is -3.38. The average Bonchev–Trinajstić information content (AvgIpc) is 2.28. The lowest BCUT2D eigenvalue weighted by molar-refractivity contribution is -0.135. The molecule has 0 bridgehead atoms. The predicted octanol–water partition coefficient (Wildman–Crippen LogP) is -0.707. The molecule has 0 aromatic rings. The summed E-state index contributed by atoms with van der Waals surface area (Å²) in [4.78, 5) is 13.5. The zero-order valence-electron chi connectivity index (χ0n) is 9.96. The number of sulfonamides is 1. The van der Waals surface area contributed by atoms with Crippen molar-refractivity contribution in [1.82, 2.24) is 9.21 Å². The van der Waals surface area contributed by atoms with Gasteiger partial charge in [0.2, 0.25) is 15.9 Å². The molecule has 1 heterocycles. The molecule has 0 aromatic heterocycles. The Hall–Kier alpha value is -0.920. The molecule has 0 aromatic carbocycles. The SMILES string of the molecule is C=CCN(CC(=O)N1CCOCC1)S(C)(=O)=O. The van der Waals surface area contributed by atoms with Crippen LogP contribution >= 0.6 is 0 Å². The van der Waals surface area contributed by atoms with Gasteiger partial charge in [-0.3, -0.25) is 4.79 Å². The van der Waals surface area contributed by atoms with Gasteiger partial charge in [0.1, 0.15) is 0 Å². The molecular weight excluding hydrogens is 244 g/mol. The van der Waals surface area contributed by atoms with Crippen LogP contribution in [0, 0.1) is 0 Å². The highest BCUT2D eigenvalue weighted by Gasteiger charge is 2.23. The predicted molar refractivity (Wildman–Crippen MR) is 64.0 cm³/mol. The second kappa shape index (κ2) is 6.13. The van der Waals surface area contributed by atoms with E-state index in [1.807, 2.05) is 0 Å². The van der Waals surface area contributed by atoms with Crippen LogP contribution in [0.3, 0.4) is 0 Å². The van der Waals surface area contributed by atoms with Crippen molar-refractivity contribution in [2.75, 3.05) is 45.6 Å². The van der Waals surface area contributed by atoms with Crippen LogP contribution in [0.1, 0.15) is 0 Å². The van der Waals surface area contributed by atoms with Crippen LogP contribution in [0.2, 0.25) is 0 Å². The number of carbonyl (C=O) groups excluding carboxylic acids is 1. The summed E-state index contributed by atoms with van der Waals surface area (Å²) >= 11 is 0. The minimum atomic E-state index is -3.38. The number of ether oxygens (including phenoxy) is 1. The van der Waals surface area contributed by atoms with Crippen molar-refractivity contribution in [1.29, 1.82) is 0 Å². The molecular formula is C10H18N2O4S. The second-order valence-corrected chi connectivity index (χ2v) is 5.82. The largest absolute Gasteiger partial charge is 0.378 e. The molecule has 1 amide bonds. The van der Waals surface area contributed by atoms with Gasteiger partial charge in [-0.15, -0.1) is 6.58 Å². The van der Waals surface area contributed by atoms with E-state index in [0.29, 0.717) is 26.3 Å². The van der Waals surface area contributed by atoms with Gasteiger partial charge < -0.3 is 9.64 Å². The number of amides is 1. The third kappa shape index (κ3) is 4.45. The van der Waals surface area contributed by atoms with Crippen LogP contribution in [0.5, 0.6) is 0 Å². The van der Waals surface area contributed by atoms with E-state index in [1.54, 1.807) is 4.90 Å². The molecule has 0 N–H and O–H groups in total. The Labute approximate surface area is 102 Å². The number of nitrogens with zero attached hydrogens (tertiary/aromatic N) is 2. The minimum absolute atomic E-state index is 0.134. The van der Waals surface area contributed by atoms with Crippen molar-refractivity contribution in [3.63, 3.8) is 0 Å². The van der Waals surface area contributed by atoms with Crippen molar-refractivity contribution in [2.45, 2.75) is 0 Å². The summed E-state index contributed by atoms with van der Waals surface area (Å²) in [6.07, 6.45) is 2.55. The molecule has 0 unspecified atom stereocenters. The average molecular weight is 262 g/mol. The van der Waals surface area contributed by atoms with Crippen molar-refractivity contribution in [3.8, 4) is 0 Å². The molecule has 98 valence electrons. The topological polar surface area (TPSA) is 66.9 Å². The lowest BCUT2D eigenvalue weighted by Crippen LogP contribution is -2.46. The van der Waals surface area contributed by atoms with E-state index in [1.165, 1.54) is 6.08 Å². The zero-order chi connectivity index (χ0) is 12.9. The normalized spacial score (nSPS) is 17.2. The van der Waals surface area contributed by atoms with Gasteiger partial charge in [-0.2, -0.15) is 4.31 Å². The third-order valence-electron chi connectivity index (χ3n) is 2.48. The number of hydrogen-bond donors (Lipinski definition) is 0. The van der Waals surface area contributed by atoms with E-state index >= 15 is 0 Å². The standard InChI is InChI=1S/C10H18N2O4S/c1-3-4-12(17(2,14)15)9-10(13)11-5-7-16-8-6-11/h3H,1,4-9H2,2H3. The van der Waals surface area contributed by atoms with Gasteiger partial charge in [0.05, 0.1) is 26.0 Å². The quantitative estimate of drug-likeness (QED) is 0.614. The molecule has 1 aliphatic heterocycles. The fraction of sp³-hybridized carbons (Fsp3) is 0.700. The second-order valence-electron chi connectivity index (χ2n) is 3.84. The Morgan fingerprint density at radius 2 is 2.06 bits per heavy atom. The van der Waals surface area contributed by atoms with E-state index in [4.69, 9.17) is 4.74 Å². The van der Waals surface area contributed by atoms with E-state index < -0.39 is 10.0 Å². The maximum absolute atomic E-state index is 11.9. The number of morpholine rings is 1. The first kappa shape index (κ1) is 14.1. The summed E-state index contributed by atoms with van der Waals surface area (Å²) in [6, 6.07) is 0. The maximum Gasteiger partial charge on any atom is 0.238 e. The van der Waals surface area contributed by atoms with Crippen molar-refractivity contribution >= 4 is 15.9 Å². The van der Waals surface area contributed by atoms with Crippen LogP contribution in [0.15, 0.2) is 12.7 Å². The van der Waals surface area contributed by atoms with E-state index in [-0.39, 0.29) is 19.0 Å². The molecule has 0 spiro atoms. The van der Waals surface area contributed by atoms with Gasteiger partial charge in [-0.25, -0.2) is 8.42 Å². The van der Waals surface area contributed by atoms with Crippen molar-refractivity contribution < 1.29 is 17.9 Å². The fourth-order valence-electron chi connectivity index (χ4n) is 1.52. The Bertz CT molecular complexity index is 374. The van der Waals surface area contributed by atoms with E-state index in [0.717, 1.165) is 10.6 Å². The lowest BCUT2D eigenvalue weighted by atomic mass is 10.4. The molecule has 0 radical (unpaired) electrons. The Morgan fingerprint density at radius 3 is 2.53 bits per heavy atom. The van der Waals surface area contributed by atoms with Crippen LogP contribution < -0.4 is 0 Å². The Balaban J connectivity index is 2.60. The number of rotatable bonds is 5. The van der Waals surface area contributed by atoms with Crippen molar-refractivity contribution in [3.05, 3.63) is 12.7 Å². The summed E-state index contributed by atoms with van der Waals surface area (Å²) in [6.45, 7) is 5.55. The highest BCUT2D eigenvalue weighted by molar-refractivity contribution is 7.88. The number of hydrogen-bond acceptors (Lipinski definition) is 4. The minimum Gasteiger partial charge on any atom is -0.378 e. The smallest absolute Gasteiger partial charge is 0.238 e. The van der Waals surface area contributed by atoms with Gasteiger partial charge in [0.15, 0.2) is 0 Å². The molecule has 0 saturated carbocycles. The van der Waals surface area contributed by atoms with Gasteiger partial charge in [0, 0.05) is 19.6 Å². The van der Waals surface area contributed by atoms with Crippen LogP contribution in [-0.2, 0) is 19.6 Å². The molecule has 17 heavy (non-hydrogen) atoms. The molecule has 1 saturated heterocycles. The van der Waals surface area contributed by atoms with Gasteiger partial charge in [0.25, 0.3) is 0 Å². The highest BCUT2D eigenvalue weighted by Crippen LogP contribution is 2.03. The highest BCUT2D eigenvalue weighted by atomic mass is 32.2. The molecule has 0 atom stereocenters. The monoisotopic (exact) mass is 262 g/mol. The molecule has 7 heteroatoms. The van der Waals surface area contributed by atoms with Gasteiger partial charge in [-0.1, -0.05) is 6.08 Å². The first-order valence-electron chi connectivity index (χ1n) is 5.36. The molecule has 0 aliphatic carbocycles. The summed E-state index contributed by atoms with van der Waals surface area (Å²) in [5.41, 5.74) is 0. The maximum atomic E-state index is 11.9. The van der Waals surface area contributed by atoms with Crippen LogP contribution in [0.4, 0.5) is 0 Å². The molecule has 6 nitrogen and oxygen atoms in total. The van der Waals surface area contributed by atoms with Crippen molar-refractivity contribution in [2.24, 2.45) is 0 Å². The number of carbonyl (C=O) groups is 1. The lowest BCUT2D eigenvalue weighted by Gasteiger charge is -2.28. The summed E-state index contributed by atoms with van der Waals surface area (Å²) in [5, 5.41) is 0. The van der Waals surface area contributed by atoms with E-state index in [9.17, 15) is 13.2 Å². The zero-order valence-corrected chi connectivity index (χ0v) is 10.8. The van der Waals surface area contributed by atoms with Gasteiger partial charge >= 0.3 is 0 Å². The fourth-order valence-corrected chi connectivity index (χ4v) is 2.25. The van der Waals surface area contributed by atoms with Crippen LogP contribution in [0.25, 0.3) is 0 Å². The molecule has 1 rings (SSSR count). The van der Waals surface area contributed by atoms with Crippen LogP contribution in [-0.4, -0.2) is 69.2 Å². The first-order chi connectivity index (χ1) is 7.95. The molecule has 1 aliphatic rings. The summed E-state index contributed by atoms with van der Waals surface area (Å²) < 4.78 is 29.1. The third-order valence-corrected chi connectivity index (χ3v) is 3.69. The Kier molecular flexibility index (Phi) is 5.10. The molecule has 1 fully saturated rings.